The lowest BCUT2D eigenvalue weighted by molar-refractivity contribution is 0.613. The monoisotopic (exact) mass is 174 g/mol. The first-order chi connectivity index (χ1) is 6.31. The van der Waals surface area contributed by atoms with Gasteiger partial charge in [-0.25, -0.2) is 0 Å². The molecule has 13 heavy (non-hydrogen) atoms. The fourth-order valence-electron chi connectivity index (χ4n) is 1.77. The van der Waals surface area contributed by atoms with Crippen molar-refractivity contribution in [2.24, 2.45) is 0 Å². The summed E-state index contributed by atoms with van der Waals surface area (Å²) in [7, 11) is 0. The molecule has 1 aromatic heterocycles. The lowest BCUT2D eigenvalue weighted by Crippen LogP contribution is -1.84. The van der Waals surface area contributed by atoms with E-state index in [2.05, 4.69) is 26.0 Å². The van der Waals surface area contributed by atoms with Gasteiger partial charge < -0.3 is 4.42 Å². The van der Waals surface area contributed by atoms with Crippen molar-refractivity contribution in [2.75, 3.05) is 0 Å². The zero-order chi connectivity index (χ0) is 9.26. The molecule has 0 unspecified atom stereocenters. The van der Waals surface area contributed by atoms with Crippen molar-refractivity contribution in [3.63, 3.8) is 0 Å². The number of benzene rings is 1. The molecule has 68 valence electrons. The summed E-state index contributed by atoms with van der Waals surface area (Å²) in [5.41, 5.74) is 3.68. The van der Waals surface area contributed by atoms with E-state index in [0.717, 1.165) is 12.0 Å². The lowest BCUT2D eigenvalue weighted by Gasteiger charge is -2.01. The third kappa shape index (κ3) is 1.46. The number of hydrogen-bond donors (Lipinski definition) is 0. The largest absolute Gasteiger partial charge is 0.464 e. The van der Waals surface area contributed by atoms with Gasteiger partial charge in [0.05, 0.1) is 6.26 Å². The standard InChI is InChI=1S/C12H14O/c1-3-4-10-7-9(2)12-11(8-10)5-6-13-12/h5-8H,3-4H2,1-2H3. The predicted octanol–water partition coefficient (Wildman–Crippen LogP) is 3.69. The topological polar surface area (TPSA) is 13.1 Å². The third-order valence-electron chi connectivity index (χ3n) is 2.34. The normalized spacial score (nSPS) is 10.9. The second kappa shape index (κ2) is 3.25. The fraction of sp³-hybridized carbons (Fsp3) is 0.333. The van der Waals surface area contributed by atoms with E-state index in [4.69, 9.17) is 4.42 Å². The van der Waals surface area contributed by atoms with Gasteiger partial charge in [0.25, 0.3) is 0 Å². The third-order valence-corrected chi connectivity index (χ3v) is 2.34. The Morgan fingerprint density at radius 2 is 2.15 bits per heavy atom. The molecule has 2 rings (SSSR count). The van der Waals surface area contributed by atoms with Gasteiger partial charge in [-0.15, -0.1) is 0 Å². The average molecular weight is 174 g/mol. The van der Waals surface area contributed by atoms with Crippen LogP contribution in [0.25, 0.3) is 11.0 Å². The first-order valence-corrected chi connectivity index (χ1v) is 4.78. The molecular formula is C12H14O. The van der Waals surface area contributed by atoms with Crippen LogP contribution in [0.2, 0.25) is 0 Å². The second-order valence-corrected chi connectivity index (χ2v) is 3.50. The summed E-state index contributed by atoms with van der Waals surface area (Å²) < 4.78 is 5.38. The smallest absolute Gasteiger partial charge is 0.136 e. The van der Waals surface area contributed by atoms with E-state index in [1.165, 1.54) is 22.9 Å². The molecule has 0 aliphatic heterocycles. The van der Waals surface area contributed by atoms with Crippen LogP contribution < -0.4 is 0 Å². The van der Waals surface area contributed by atoms with E-state index in [9.17, 15) is 0 Å². The molecule has 0 atom stereocenters. The molecular weight excluding hydrogens is 160 g/mol. The van der Waals surface area contributed by atoms with Gasteiger partial charge >= 0.3 is 0 Å². The van der Waals surface area contributed by atoms with Crippen LogP contribution >= 0.6 is 0 Å². The van der Waals surface area contributed by atoms with Crippen LogP contribution in [-0.2, 0) is 6.42 Å². The second-order valence-electron chi connectivity index (χ2n) is 3.50. The minimum Gasteiger partial charge on any atom is -0.464 e. The zero-order valence-corrected chi connectivity index (χ0v) is 8.13. The minimum absolute atomic E-state index is 1.03. The molecule has 0 aliphatic carbocycles. The van der Waals surface area contributed by atoms with Crippen LogP contribution in [0, 0.1) is 6.92 Å². The first-order valence-electron chi connectivity index (χ1n) is 4.78. The average Bonchev–Trinajstić information content (AvgIpc) is 2.53. The minimum atomic E-state index is 1.03. The number of hydrogen-bond acceptors (Lipinski definition) is 1. The van der Waals surface area contributed by atoms with Gasteiger partial charge in [-0.1, -0.05) is 19.4 Å². The summed E-state index contributed by atoms with van der Waals surface area (Å²) in [5, 5.41) is 1.23. The highest BCUT2D eigenvalue weighted by atomic mass is 16.3. The van der Waals surface area contributed by atoms with E-state index in [-0.39, 0.29) is 0 Å². The number of fused-ring (bicyclic) bond motifs is 1. The number of rotatable bonds is 2. The van der Waals surface area contributed by atoms with Gasteiger partial charge in [0, 0.05) is 5.39 Å². The van der Waals surface area contributed by atoms with Crippen molar-refractivity contribution in [3.05, 3.63) is 35.6 Å². The Balaban J connectivity index is 2.56. The molecule has 1 heterocycles. The summed E-state index contributed by atoms with van der Waals surface area (Å²) in [6.07, 6.45) is 4.11. The molecule has 0 N–H and O–H groups in total. The highest BCUT2D eigenvalue weighted by molar-refractivity contribution is 5.80. The van der Waals surface area contributed by atoms with Crippen molar-refractivity contribution in [1.82, 2.24) is 0 Å². The van der Waals surface area contributed by atoms with Crippen molar-refractivity contribution in [2.45, 2.75) is 26.7 Å². The maximum absolute atomic E-state index is 5.38. The molecule has 2 aromatic rings. The van der Waals surface area contributed by atoms with E-state index < -0.39 is 0 Å². The molecule has 1 nitrogen and oxygen atoms in total. The summed E-state index contributed by atoms with van der Waals surface area (Å²) in [4.78, 5) is 0. The molecule has 0 spiro atoms. The maximum atomic E-state index is 5.38. The summed E-state index contributed by atoms with van der Waals surface area (Å²) in [6.45, 7) is 4.31. The van der Waals surface area contributed by atoms with Gasteiger partial charge in [-0.3, -0.25) is 0 Å². The van der Waals surface area contributed by atoms with Crippen LogP contribution in [-0.4, -0.2) is 0 Å². The van der Waals surface area contributed by atoms with Gasteiger partial charge in [-0.05, 0) is 36.6 Å². The van der Waals surface area contributed by atoms with Crippen LogP contribution in [0.15, 0.2) is 28.9 Å². The first kappa shape index (κ1) is 8.36. The summed E-state index contributed by atoms with van der Waals surface area (Å²) in [6, 6.07) is 6.46. The van der Waals surface area contributed by atoms with E-state index >= 15 is 0 Å². The van der Waals surface area contributed by atoms with Crippen molar-refractivity contribution >= 4 is 11.0 Å². The van der Waals surface area contributed by atoms with Crippen LogP contribution in [0.3, 0.4) is 0 Å². The van der Waals surface area contributed by atoms with Gasteiger partial charge in [-0.2, -0.15) is 0 Å². The van der Waals surface area contributed by atoms with E-state index in [0.29, 0.717) is 0 Å². The molecule has 0 fully saturated rings. The molecule has 0 radical (unpaired) electrons. The zero-order valence-electron chi connectivity index (χ0n) is 8.13. The Bertz CT molecular complexity index is 412. The molecule has 0 saturated heterocycles. The Hall–Kier alpha value is -1.24. The highest BCUT2D eigenvalue weighted by Gasteiger charge is 2.02. The molecule has 0 bridgehead atoms. The molecule has 0 aliphatic rings. The molecule has 1 aromatic carbocycles. The van der Waals surface area contributed by atoms with Crippen LogP contribution in [0.5, 0.6) is 0 Å². The van der Waals surface area contributed by atoms with Crippen molar-refractivity contribution < 1.29 is 4.42 Å². The van der Waals surface area contributed by atoms with E-state index in [1.54, 1.807) is 6.26 Å². The number of aryl methyl sites for hydroxylation is 2. The quantitative estimate of drug-likeness (QED) is 0.676. The summed E-state index contributed by atoms with van der Waals surface area (Å²) in [5.74, 6) is 0. The Kier molecular flexibility index (Phi) is 2.09. The Morgan fingerprint density at radius 3 is 2.92 bits per heavy atom. The molecule has 1 heteroatoms. The SMILES string of the molecule is CCCc1cc(C)c2occc2c1. The summed E-state index contributed by atoms with van der Waals surface area (Å²) >= 11 is 0. The maximum Gasteiger partial charge on any atom is 0.136 e. The number of furan rings is 1. The molecule has 0 saturated carbocycles. The van der Waals surface area contributed by atoms with Crippen molar-refractivity contribution in [3.8, 4) is 0 Å². The van der Waals surface area contributed by atoms with Crippen LogP contribution in [0.4, 0.5) is 0 Å². The van der Waals surface area contributed by atoms with E-state index in [1.807, 2.05) is 6.07 Å². The van der Waals surface area contributed by atoms with Gasteiger partial charge in [0.15, 0.2) is 0 Å². The Morgan fingerprint density at radius 1 is 1.31 bits per heavy atom. The van der Waals surface area contributed by atoms with Crippen molar-refractivity contribution in [1.29, 1.82) is 0 Å². The predicted molar refractivity (Wildman–Crippen MR) is 54.9 cm³/mol. The highest BCUT2D eigenvalue weighted by Crippen LogP contribution is 2.22. The van der Waals surface area contributed by atoms with Crippen LogP contribution in [0.1, 0.15) is 24.5 Å². The lowest BCUT2D eigenvalue weighted by atomic mass is 10.0. The van der Waals surface area contributed by atoms with Gasteiger partial charge in [0.1, 0.15) is 5.58 Å². The fourth-order valence-corrected chi connectivity index (χ4v) is 1.77. The molecule has 0 amide bonds. The van der Waals surface area contributed by atoms with Gasteiger partial charge in [0.2, 0.25) is 0 Å². The Labute approximate surface area is 78.4 Å².